The van der Waals surface area contributed by atoms with Crippen molar-refractivity contribution in [2.45, 2.75) is 32.1 Å². The van der Waals surface area contributed by atoms with Gasteiger partial charge in [-0.2, -0.15) is 0 Å². The van der Waals surface area contributed by atoms with Crippen molar-refractivity contribution in [3.63, 3.8) is 0 Å². The summed E-state index contributed by atoms with van der Waals surface area (Å²) in [6.07, 6.45) is 0.752. The second kappa shape index (κ2) is 5.82. The van der Waals surface area contributed by atoms with Crippen LogP contribution in [0.15, 0.2) is 17.0 Å². The summed E-state index contributed by atoms with van der Waals surface area (Å²) in [5, 5.41) is 0.470. The highest BCUT2D eigenvalue weighted by Crippen LogP contribution is 2.30. The van der Waals surface area contributed by atoms with E-state index in [9.17, 15) is 8.42 Å². The van der Waals surface area contributed by atoms with Crippen LogP contribution < -0.4 is 10.5 Å². The monoisotopic (exact) mass is 345 g/mol. The van der Waals surface area contributed by atoms with E-state index in [0.29, 0.717) is 10.8 Å². The molecule has 0 spiro atoms. The molecule has 0 aliphatic carbocycles. The normalized spacial score (nSPS) is 11.6. The van der Waals surface area contributed by atoms with Crippen molar-refractivity contribution >= 4 is 43.8 Å². The summed E-state index contributed by atoms with van der Waals surface area (Å²) >= 11 is 7.32. The number of nitrogens with two attached hydrogens (primary N) is 1. The number of nitrogens with zero attached hydrogens (tertiary/aromatic N) is 1. The van der Waals surface area contributed by atoms with Crippen LogP contribution in [-0.2, 0) is 16.4 Å². The molecule has 1 aromatic carbocycles. The first-order valence-corrected chi connectivity index (χ1v) is 8.97. The van der Waals surface area contributed by atoms with Crippen molar-refractivity contribution in [2.75, 3.05) is 10.5 Å². The highest BCUT2D eigenvalue weighted by Gasteiger charge is 2.21. The molecule has 0 saturated carbocycles. The summed E-state index contributed by atoms with van der Waals surface area (Å²) in [7, 11) is -3.81. The molecular formula is C13H16ClN3O2S2. The van der Waals surface area contributed by atoms with Crippen molar-refractivity contribution in [2.24, 2.45) is 0 Å². The van der Waals surface area contributed by atoms with Crippen LogP contribution in [0.4, 0.5) is 10.8 Å². The molecule has 1 aromatic heterocycles. The Morgan fingerprint density at radius 1 is 1.38 bits per heavy atom. The number of thiazole rings is 1. The number of aromatic nitrogens is 1. The lowest BCUT2D eigenvalue weighted by Gasteiger charge is -2.09. The standard InChI is InChI=1S/C13H16ClN3O2S2/c1-4-11-8(3)20-13(16-11)17-21(18,19)12-6-10(15)7(2)5-9(12)14/h5-6H,4,15H2,1-3H3,(H,16,17). The molecule has 8 heteroatoms. The zero-order valence-electron chi connectivity index (χ0n) is 11.9. The number of sulfonamides is 1. The van der Waals surface area contributed by atoms with Crippen molar-refractivity contribution in [3.8, 4) is 0 Å². The molecule has 114 valence electrons. The smallest absolute Gasteiger partial charge is 0.265 e. The van der Waals surface area contributed by atoms with Gasteiger partial charge in [-0.1, -0.05) is 18.5 Å². The van der Waals surface area contributed by atoms with Crippen LogP contribution in [0.2, 0.25) is 5.02 Å². The highest BCUT2D eigenvalue weighted by atomic mass is 35.5. The molecular weight excluding hydrogens is 330 g/mol. The van der Waals surface area contributed by atoms with Gasteiger partial charge >= 0.3 is 0 Å². The SMILES string of the molecule is CCc1nc(NS(=O)(=O)c2cc(N)c(C)cc2Cl)sc1C. The molecule has 0 unspecified atom stereocenters. The number of rotatable bonds is 4. The number of benzene rings is 1. The van der Waals surface area contributed by atoms with Crippen molar-refractivity contribution < 1.29 is 8.42 Å². The summed E-state index contributed by atoms with van der Waals surface area (Å²) in [5.74, 6) is 0. The predicted molar refractivity (Wildman–Crippen MR) is 87.6 cm³/mol. The van der Waals surface area contributed by atoms with Crippen molar-refractivity contribution in [1.29, 1.82) is 0 Å². The van der Waals surface area contributed by atoms with Gasteiger partial charge in [0.25, 0.3) is 10.0 Å². The molecule has 0 amide bonds. The van der Waals surface area contributed by atoms with E-state index < -0.39 is 10.0 Å². The molecule has 21 heavy (non-hydrogen) atoms. The van der Waals surface area contributed by atoms with Crippen LogP contribution >= 0.6 is 22.9 Å². The molecule has 0 atom stereocenters. The van der Waals surface area contributed by atoms with Gasteiger partial charge in [-0.25, -0.2) is 13.4 Å². The number of halogens is 1. The molecule has 0 saturated heterocycles. The third-order valence-corrected chi connectivity index (χ3v) is 5.92. The Bertz CT molecular complexity index is 785. The molecule has 3 N–H and O–H groups in total. The number of aryl methyl sites for hydroxylation is 3. The zero-order chi connectivity index (χ0) is 15.8. The van der Waals surface area contributed by atoms with Crippen LogP contribution in [0.1, 0.15) is 23.1 Å². The largest absolute Gasteiger partial charge is 0.398 e. The first kappa shape index (κ1) is 16.1. The number of hydrogen-bond donors (Lipinski definition) is 2. The van der Waals surface area contributed by atoms with E-state index in [1.54, 1.807) is 6.92 Å². The summed E-state index contributed by atoms with van der Waals surface area (Å²) in [6, 6.07) is 2.90. The predicted octanol–water partition coefficient (Wildman–Crippen LogP) is 3.36. The summed E-state index contributed by atoms with van der Waals surface area (Å²) in [5.41, 5.74) is 7.76. The number of nitrogens with one attached hydrogen (secondary N) is 1. The Kier molecular flexibility index (Phi) is 4.46. The minimum Gasteiger partial charge on any atom is -0.398 e. The quantitative estimate of drug-likeness (QED) is 0.832. The lowest BCUT2D eigenvalue weighted by molar-refractivity contribution is 0.601. The summed E-state index contributed by atoms with van der Waals surface area (Å²) in [6.45, 7) is 5.64. The first-order valence-electron chi connectivity index (χ1n) is 6.29. The zero-order valence-corrected chi connectivity index (χ0v) is 14.3. The maximum absolute atomic E-state index is 12.4. The van der Waals surface area contributed by atoms with Crippen LogP contribution in [0.5, 0.6) is 0 Å². The highest BCUT2D eigenvalue weighted by molar-refractivity contribution is 7.93. The molecule has 0 fully saturated rings. The first-order chi connectivity index (χ1) is 9.74. The maximum atomic E-state index is 12.4. The summed E-state index contributed by atoms with van der Waals surface area (Å²) < 4.78 is 27.3. The van der Waals surface area contributed by atoms with Crippen molar-refractivity contribution in [1.82, 2.24) is 4.98 Å². The maximum Gasteiger partial charge on any atom is 0.265 e. The van der Waals surface area contributed by atoms with E-state index in [1.165, 1.54) is 23.5 Å². The summed E-state index contributed by atoms with van der Waals surface area (Å²) in [4.78, 5) is 5.21. The third-order valence-electron chi connectivity index (χ3n) is 3.06. The molecule has 0 radical (unpaired) electrons. The lowest BCUT2D eigenvalue weighted by Crippen LogP contribution is -2.14. The Balaban J connectivity index is 2.40. The average molecular weight is 346 g/mol. The Morgan fingerprint density at radius 3 is 2.62 bits per heavy atom. The Hall–Kier alpha value is -1.31. The van der Waals surface area contributed by atoms with E-state index in [-0.39, 0.29) is 9.92 Å². The number of anilines is 2. The van der Waals surface area contributed by atoms with Crippen LogP contribution in [-0.4, -0.2) is 13.4 Å². The molecule has 0 aliphatic heterocycles. The second-order valence-electron chi connectivity index (χ2n) is 4.62. The van der Waals surface area contributed by atoms with Gasteiger partial charge in [0.05, 0.1) is 10.7 Å². The molecule has 5 nitrogen and oxygen atoms in total. The van der Waals surface area contributed by atoms with Gasteiger partial charge in [0.1, 0.15) is 4.90 Å². The molecule has 0 bridgehead atoms. The number of nitrogen functional groups attached to an aromatic ring is 1. The van der Waals surface area contributed by atoms with Gasteiger partial charge in [-0.05, 0) is 38.0 Å². The average Bonchev–Trinajstić information content (AvgIpc) is 2.72. The minimum absolute atomic E-state index is 0.0434. The lowest BCUT2D eigenvalue weighted by atomic mass is 10.2. The van der Waals surface area contributed by atoms with Gasteiger partial charge in [-0.3, -0.25) is 4.72 Å². The molecule has 2 rings (SSSR count). The van der Waals surface area contributed by atoms with E-state index >= 15 is 0 Å². The topological polar surface area (TPSA) is 85.1 Å². The van der Waals surface area contributed by atoms with E-state index in [4.69, 9.17) is 17.3 Å². The molecule has 1 heterocycles. The van der Waals surface area contributed by atoms with E-state index in [0.717, 1.165) is 22.6 Å². The van der Waals surface area contributed by atoms with Crippen LogP contribution in [0, 0.1) is 13.8 Å². The fourth-order valence-electron chi connectivity index (χ4n) is 1.84. The van der Waals surface area contributed by atoms with Gasteiger partial charge < -0.3 is 5.73 Å². The molecule has 2 aromatic rings. The second-order valence-corrected chi connectivity index (χ2v) is 7.88. The Morgan fingerprint density at radius 2 is 2.05 bits per heavy atom. The van der Waals surface area contributed by atoms with Gasteiger partial charge in [0, 0.05) is 10.6 Å². The minimum atomic E-state index is -3.81. The van der Waals surface area contributed by atoms with Gasteiger partial charge in [0.15, 0.2) is 5.13 Å². The van der Waals surface area contributed by atoms with Gasteiger partial charge in [0.2, 0.25) is 0 Å². The van der Waals surface area contributed by atoms with Crippen LogP contribution in [0.3, 0.4) is 0 Å². The van der Waals surface area contributed by atoms with Crippen LogP contribution in [0.25, 0.3) is 0 Å². The number of hydrogen-bond acceptors (Lipinski definition) is 5. The van der Waals surface area contributed by atoms with E-state index in [1.807, 2.05) is 13.8 Å². The van der Waals surface area contributed by atoms with E-state index in [2.05, 4.69) is 9.71 Å². The molecule has 0 aliphatic rings. The fourth-order valence-corrected chi connectivity index (χ4v) is 4.60. The van der Waals surface area contributed by atoms with Crippen molar-refractivity contribution in [3.05, 3.63) is 33.3 Å². The third kappa shape index (κ3) is 3.30. The Labute approximate surface area is 133 Å². The fraction of sp³-hybridized carbons (Fsp3) is 0.308. The van der Waals surface area contributed by atoms with Gasteiger partial charge in [-0.15, -0.1) is 11.3 Å².